The van der Waals surface area contributed by atoms with E-state index in [0.29, 0.717) is 13.0 Å². The van der Waals surface area contributed by atoms with Crippen LogP contribution in [0.2, 0.25) is 10.0 Å². The lowest BCUT2D eigenvalue weighted by Crippen LogP contribution is -2.52. The normalized spacial score (nSPS) is 12.2. The van der Waals surface area contributed by atoms with Gasteiger partial charge in [-0.15, -0.1) is 0 Å². The number of halogens is 2. The van der Waals surface area contributed by atoms with Crippen LogP contribution < -0.4 is 9.62 Å². The molecule has 0 bridgehead atoms. The molecule has 2 amide bonds. The summed E-state index contributed by atoms with van der Waals surface area (Å²) in [5.41, 5.74) is 2.78. The van der Waals surface area contributed by atoms with Gasteiger partial charge in [-0.2, -0.15) is 0 Å². The first-order chi connectivity index (χ1) is 19.3. The molecule has 220 valence electrons. The molecule has 7 nitrogen and oxygen atoms in total. The van der Waals surface area contributed by atoms with E-state index in [1.807, 2.05) is 58.9 Å². The Hall–Kier alpha value is -3.07. The minimum atomic E-state index is -4.25. The van der Waals surface area contributed by atoms with Gasteiger partial charge in [0.15, 0.2) is 0 Å². The predicted octanol–water partition coefficient (Wildman–Crippen LogP) is 6.39. The molecule has 10 heteroatoms. The molecule has 0 saturated heterocycles. The fraction of sp³-hybridized carbons (Fsp3) is 0.355. The first-order valence-corrected chi connectivity index (χ1v) is 15.7. The van der Waals surface area contributed by atoms with Crippen molar-refractivity contribution in [2.75, 3.05) is 17.4 Å². The van der Waals surface area contributed by atoms with Gasteiger partial charge in [0.1, 0.15) is 12.6 Å². The second kappa shape index (κ2) is 14.2. The van der Waals surface area contributed by atoms with E-state index in [2.05, 4.69) is 5.32 Å². The molecule has 0 aliphatic heterocycles. The maximum absolute atomic E-state index is 14.2. The summed E-state index contributed by atoms with van der Waals surface area (Å²) in [7, 11) is -4.25. The highest BCUT2D eigenvalue weighted by molar-refractivity contribution is 7.92. The van der Waals surface area contributed by atoms with Crippen LogP contribution in [0.5, 0.6) is 0 Å². The summed E-state index contributed by atoms with van der Waals surface area (Å²) in [5, 5.41) is 3.08. The fourth-order valence-electron chi connectivity index (χ4n) is 4.39. The summed E-state index contributed by atoms with van der Waals surface area (Å²) in [5.74, 6) is -0.627. The molecule has 1 N–H and O–H groups in total. The highest BCUT2D eigenvalue weighted by Crippen LogP contribution is 2.35. The van der Waals surface area contributed by atoms with Crippen LogP contribution in [0.15, 0.2) is 71.6 Å². The van der Waals surface area contributed by atoms with Gasteiger partial charge < -0.3 is 10.2 Å². The summed E-state index contributed by atoms with van der Waals surface area (Å²) in [4.78, 5) is 28.9. The van der Waals surface area contributed by atoms with Crippen LogP contribution >= 0.6 is 23.2 Å². The molecule has 0 fully saturated rings. The van der Waals surface area contributed by atoms with Crippen LogP contribution in [-0.2, 0) is 26.2 Å². The number of anilines is 1. The molecule has 3 aromatic carbocycles. The van der Waals surface area contributed by atoms with Crippen LogP contribution in [0.1, 0.15) is 43.9 Å². The van der Waals surface area contributed by atoms with E-state index in [4.69, 9.17) is 23.2 Å². The third kappa shape index (κ3) is 8.24. The number of rotatable bonds is 12. The van der Waals surface area contributed by atoms with Gasteiger partial charge in [-0.3, -0.25) is 13.9 Å². The number of nitrogens with one attached hydrogen (secondary N) is 1. The standard InChI is InChI=1S/C31H37Cl2N3O4S/c1-6-27(31(38)34-18-21(2)3)35(19-24-10-7-9-23(5)17-24)29(37)20-36(28-12-8-11-26(32)30(28)33)41(39,40)25-15-13-22(4)14-16-25/h7-17,21,27H,6,18-20H2,1-5H3,(H,34,38). The Morgan fingerprint density at radius 1 is 0.927 bits per heavy atom. The van der Waals surface area contributed by atoms with Crippen molar-refractivity contribution in [3.8, 4) is 0 Å². The average Bonchev–Trinajstić information content (AvgIpc) is 2.92. The topological polar surface area (TPSA) is 86.8 Å². The molecule has 0 spiro atoms. The van der Waals surface area contributed by atoms with E-state index in [1.165, 1.54) is 23.1 Å². The summed E-state index contributed by atoms with van der Waals surface area (Å²) in [6.07, 6.45) is 0.337. The Bertz CT molecular complexity index is 1480. The van der Waals surface area contributed by atoms with Crippen LogP contribution in [0.3, 0.4) is 0 Å². The number of sulfonamides is 1. The van der Waals surface area contributed by atoms with Gasteiger partial charge in [0.25, 0.3) is 10.0 Å². The number of nitrogens with zero attached hydrogens (tertiary/aromatic N) is 2. The summed E-state index contributed by atoms with van der Waals surface area (Å²) < 4.78 is 29.0. The molecule has 1 unspecified atom stereocenters. The van der Waals surface area contributed by atoms with Crippen molar-refractivity contribution in [3.05, 3.63) is 93.5 Å². The molecule has 0 aromatic heterocycles. The Labute approximate surface area is 253 Å². The van der Waals surface area contributed by atoms with Crippen molar-refractivity contribution in [3.63, 3.8) is 0 Å². The highest BCUT2D eigenvalue weighted by Gasteiger charge is 2.34. The van der Waals surface area contributed by atoms with E-state index >= 15 is 0 Å². The van der Waals surface area contributed by atoms with Crippen LogP contribution in [-0.4, -0.2) is 44.3 Å². The molecular weight excluding hydrogens is 581 g/mol. The van der Waals surface area contributed by atoms with Crippen molar-refractivity contribution in [1.29, 1.82) is 0 Å². The van der Waals surface area contributed by atoms with Crippen LogP contribution in [0.4, 0.5) is 5.69 Å². The van der Waals surface area contributed by atoms with Crippen molar-refractivity contribution in [2.45, 2.75) is 58.5 Å². The molecule has 0 saturated carbocycles. The number of hydrogen-bond donors (Lipinski definition) is 1. The van der Waals surface area contributed by atoms with E-state index in [-0.39, 0.29) is 39.0 Å². The number of carbonyl (C=O) groups excluding carboxylic acids is 2. The lowest BCUT2D eigenvalue weighted by Gasteiger charge is -2.33. The second-order valence-electron chi connectivity index (χ2n) is 10.5. The van der Waals surface area contributed by atoms with Crippen molar-refractivity contribution in [2.24, 2.45) is 5.92 Å². The van der Waals surface area contributed by atoms with E-state index in [9.17, 15) is 18.0 Å². The largest absolute Gasteiger partial charge is 0.354 e. The molecule has 3 rings (SSSR count). The molecular formula is C31H37Cl2N3O4S. The van der Waals surface area contributed by atoms with Gasteiger partial charge in [0.05, 0.1) is 20.6 Å². The zero-order valence-electron chi connectivity index (χ0n) is 24.0. The van der Waals surface area contributed by atoms with E-state index in [1.54, 1.807) is 24.3 Å². The minimum absolute atomic E-state index is 0.00102. The molecule has 0 heterocycles. The number of hydrogen-bond acceptors (Lipinski definition) is 4. The van der Waals surface area contributed by atoms with Crippen molar-refractivity contribution >= 4 is 50.7 Å². The van der Waals surface area contributed by atoms with Gasteiger partial charge in [0, 0.05) is 13.1 Å². The zero-order chi connectivity index (χ0) is 30.3. The van der Waals surface area contributed by atoms with E-state index in [0.717, 1.165) is 21.0 Å². The number of benzene rings is 3. The lowest BCUT2D eigenvalue weighted by atomic mass is 10.1. The molecule has 41 heavy (non-hydrogen) atoms. The maximum atomic E-state index is 14.2. The second-order valence-corrected chi connectivity index (χ2v) is 13.1. The number of aryl methyl sites for hydroxylation is 2. The first-order valence-electron chi connectivity index (χ1n) is 13.5. The quantitative estimate of drug-likeness (QED) is 0.255. The van der Waals surface area contributed by atoms with Gasteiger partial charge in [0.2, 0.25) is 11.8 Å². The van der Waals surface area contributed by atoms with Gasteiger partial charge in [-0.25, -0.2) is 8.42 Å². The highest BCUT2D eigenvalue weighted by atomic mass is 35.5. The molecule has 0 aliphatic carbocycles. The Morgan fingerprint density at radius 2 is 1.59 bits per heavy atom. The molecule has 0 radical (unpaired) electrons. The first kappa shape index (κ1) is 32.4. The van der Waals surface area contributed by atoms with Crippen LogP contribution in [0.25, 0.3) is 0 Å². The SMILES string of the molecule is CCC(C(=O)NCC(C)C)N(Cc1cccc(C)c1)C(=O)CN(c1cccc(Cl)c1Cl)S(=O)(=O)c1ccc(C)cc1. The Balaban J connectivity index is 2.09. The Kier molecular flexibility index (Phi) is 11.2. The van der Waals surface area contributed by atoms with Gasteiger partial charge >= 0.3 is 0 Å². The average molecular weight is 619 g/mol. The third-order valence-electron chi connectivity index (χ3n) is 6.59. The van der Waals surface area contributed by atoms with E-state index < -0.39 is 28.5 Å². The minimum Gasteiger partial charge on any atom is -0.354 e. The Morgan fingerprint density at radius 3 is 2.20 bits per heavy atom. The number of carbonyl (C=O) groups is 2. The van der Waals surface area contributed by atoms with Gasteiger partial charge in [-0.05, 0) is 56.0 Å². The van der Waals surface area contributed by atoms with Crippen molar-refractivity contribution in [1.82, 2.24) is 10.2 Å². The zero-order valence-corrected chi connectivity index (χ0v) is 26.4. The summed E-state index contributed by atoms with van der Waals surface area (Å²) >= 11 is 12.8. The lowest BCUT2D eigenvalue weighted by molar-refractivity contribution is -0.140. The molecule has 0 aliphatic rings. The summed E-state index contributed by atoms with van der Waals surface area (Å²) in [6, 6.07) is 17.8. The smallest absolute Gasteiger partial charge is 0.264 e. The predicted molar refractivity (Wildman–Crippen MR) is 166 cm³/mol. The number of amides is 2. The fourth-order valence-corrected chi connectivity index (χ4v) is 6.26. The van der Waals surface area contributed by atoms with Crippen molar-refractivity contribution < 1.29 is 18.0 Å². The molecule has 1 atom stereocenters. The summed E-state index contributed by atoms with van der Waals surface area (Å²) in [6.45, 7) is 9.58. The molecule has 3 aromatic rings. The monoisotopic (exact) mass is 617 g/mol. The third-order valence-corrected chi connectivity index (χ3v) is 9.18. The van der Waals surface area contributed by atoms with Gasteiger partial charge in [-0.1, -0.05) is 97.6 Å². The maximum Gasteiger partial charge on any atom is 0.264 e. The van der Waals surface area contributed by atoms with Crippen LogP contribution in [0, 0.1) is 19.8 Å².